The van der Waals surface area contributed by atoms with Crippen LogP contribution < -0.4 is 5.32 Å². The van der Waals surface area contributed by atoms with Crippen molar-refractivity contribution in [2.75, 3.05) is 13.2 Å². The van der Waals surface area contributed by atoms with E-state index in [-0.39, 0.29) is 12.5 Å². The number of carbonyl (C=O) groups excluding carboxylic acids is 2. The molecule has 0 aliphatic heterocycles. The third-order valence-corrected chi connectivity index (χ3v) is 4.75. The van der Waals surface area contributed by atoms with E-state index in [4.69, 9.17) is 4.74 Å². The molecule has 0 saturated carbocycles. The quantitative estimate of drug-likeness (QED) is 0.446. The molecule has 0 aliphatic rings. The van der Waals surface area contributed by atoms with Gasteiger partial charge in [0.1, 0.15) is 0 Å². The average Bonchev–Trinajstić information content (AvgIpc) is 2.78. The molecular weight excluding hydrogens is 374 g/mol. The molecule has 0 heterocycles. The molecule has 30 heavy (non-hydrogen) atoms. The number of esters is 1. The molecule has 4 heteroatoms. The molecule has 1 N–H and O–H groups in total. The zero-order chi connectivity index (χ0) is 21.2. The van der Waals surface area contributed by atoms with Gasteiger partial charge in [-0.15, -0.1) is 0 Å². The average molecular weight is 399 g/mol. The third-order valence-electron chi connectivity index (χ3n) is 4.75. The minimum atomic E-state index is -0.545. The van der Waals surface area contributed by atoms with E-state index in [2.05, 4.69) is 5.32 Å². The first-order valence-electron chi connectivity index (χ1n) is 9.93. The second-order valence-corrected chi connectivity index (χ2v) is 6.96. The topological polar surface area (TPSA) is 55.4 Å². The van der Waals surface area contributed by atoms with Gasteiger partial charge < -0.3 is 10.1 Å². The Morgan fingerprint density at radius 1 is 0.867 bits per heavy atom. The fourth-order valence-corrected chi connectivity index (χ4v) is 3.04. The van der Waals surface area contributed by atoms with Crippen molar-refractivity contribution < 1.29 is 14.3 Å². The number of carbonyl (C=O) groups is 2. The summed E-state index contributed by atoms with van der Waals surface area (Å²) in [5, 5.41) is 2.77. The van der Waals surface area contributed by atoms with Gasteiger partial charge in [-0.2, -0.15) is 0 Å². The summed E-state index contributed by atoms with van der Waals surface area (Å²) >= 11 is 0. The van der Waals surface area contributed by atoms with Crippen LogP contribution in [0.4, 0.5) is 0 Å². The van der Waals surface area contributed by atoms with Gasteiger partial charge in [0.05, 0.1) is 0 Å². The molecule has 3 aromatic rings. The Kier molecular flexibility index (Phi) is 7.56. The molecular formula is C26H25NO3. The molecule has 0 fully saturated rings. The van der Waals surface area contributed by atoms with Gasteiger partial charge in [0.15, 0.2) is 6.61 Å². The van der Waals surface area contributed by atoms with Crippen LogP contribution in [0.3, 0.4) is 0 Å². The zero-order valence-electron chi connectivity index (χ0n) is 17.0. The Morgan fingerprint density at radius 3 is 2.27 bits per heavy atom. The van der Waals surface area contributed by atoms with Crippen LogP contribution in [0.2, 0.25) is 0 Å². The molecule has 1 amide bonds. The summed E-state index contributed by atoms with van der Waals surface area (Å²) in [5.41, 5.74) is 5.52. The molecule has 0 aromatic heterocycles. The molecule has 3 aromatic carbocycles. The van der Waals surface area contributed by atoms with Crippen molar-refractivity contribution in [3.8, 4) is 11.1 Å². The first kappa shape index (κ1) is 21.1. The fraction of sp³-hybridized carbons (Fsp3) is 0.154. The van der Waals surface area contributed by atoms with Crippen LogP contribution in [0, 0.1) is 6.92 Å². The Hall–Kier alpha value is -3.66. The van der Waals surface area contributed by atoms with Crippen molar-refractivity contribution >= 4 is 18.0 Å². The van der Waals surface area contributed by atoms with Crippen molar-refractivity contribution in [1.29, 1.82) is 0 Å². The highest BCUT2D eigenvalue weighted by molar-refractivity contribution is 5.89. The van der Waals surface area contributed by atoms with Gasteiger partial charge in [0.2, 0.25) is 0 Å². The van der Waals surface area contributed by atoms with E-state index in [0.29, 0.717) is 6.54 Å². The van der Waals surface area contributed by atoms with E-state index in [1.807, 2.05) is 85.8 Å². The predicted octanol–water partition coefficient (Wildman–Crippen LogP) is 4.58. The molecule has 4 nitrogen and oxygen atoms in total. The van der Waals surface area contributed by atoms with E-state index < -0.39 is 5.97 Å². The van der Waals surface area contributed by atoms with Crippen LogP contribution in [0.1, 0.15) is 16.7 Å². The van der Waals surface area contributed by atoms with Crippen LogP contribution in [-0.2, 0) is 20.7 Å². The Labute approximate surface area is 177 Å². The van der Waals surface area contributed by atoms with Crippen LogP contribution >= 0.6 is 0 Å². The Bertz CT molecular complexity index is 1010. The van der Waals surface area contributed by atoms with Gasteiger partial charge >= 0.3 is 5.97 Å². The van der Waals surface area contributed by atoms with Crippen LogP contribution in [0.15, 0.2) is 84.9 Å². The number of ether oxygens (including phenoxy) is 1. The lowest BCUT2D eigenvalue weighted by Gasteiger charge is -2.07. The van der Waals surface area contributed by atoms with Gasteiger partial charge in [0.25, 0.3) is 5.91 Å². The molecule has 3 rings (SSSR count). The van der Waals surface area contributed by atoms with E-state index in [9.17, 15) is 9.59 Å². The highest BCUT2D eigenvalue weighted by atomic mass is 16.5. The Morgan fingerprint density at radius 2 is 1.53 bits per heavy atom. The number of hydrogen-bond donors (Lipinski definition) is 1. The highest BCUT2D eigenvalue weighted by Crippen LogP contribution is 2.19. The van der Waals surface area contributed by atoms with E-state index in [0.717, 1.165) is 23.1 Å². The molecule has 0 unspecified atom stereocenters. The lowest BCUT2D eigenvalue weighted by molar-refractivity contribution is -0.143. The summed E-state index contributed by atoms with van der Waals surface area (Å²) in [5.74, 6) is -0.853. The van der Waals surface area contributed by atoms with Gasteiger partial charge in [0, 0.05) is 12.6 Å². The van der Waals surface area contributed by atoms with Crippen molar-refractivity contribution in [2.45, 2.75) is 13.3 Å². The minimum absolute atomic E-state index is 0.288. The summed E-state index contributed by atoms with van der Waals surface area (Å²) in [6.07, 6.45) is 3.75. The normalized spacial score (nSPS) is 10.7. The second-order valence-electron chi connectivity index (χ2n) is 6.96. The maximum absolute atomic E-state index is 11.9. The largest absolute Gasteiger partial charge is 0.452 e. The van der Waals surface area contributed by atoms with Crippen LogP contribution in [-0.4, -0.2) is 25.0 Å². The molecule has 0 bridgehead atoms. The highest BCUT2D eigenvalue weighted by Gasteiger charge is 2.05. The van der Waals surface area contributed by atoms with Gasteiger partial charge in [-0.25, -0.2) is 4.79 Å². The molecule has 0 spiro atoms. The minimum Gasteiger partial charge on any atom is -0.452 e. The number of benzene rings is 3. The van der Waals surface area contributed by atoms with E-state index in [1.54, 1.807) is 6.08 Å². The summed E-state index contributed by atoms with van der Waals surface area (Å²) in [6, 6.07) is 26.0. The van der Waals surface area contributed by atoms with Crippen molar-refractivity contribution in [3.63, 3.8) is 0 Å². The maximum Gasteiger partial charge on any atom is 0.331 e. The molecule has 0 atom stereocenters. The zero-order valence-corrected chi connectivity index (χ0v) is 17.0. The first-order chi connectivity index (χ1) is 14.6. The van der Waals surface area contributed by atoms with Gasteiger partial charge in [-0.3, -0.25) is 4.79 Å². The lowest BCUT2D eigenvalue weighted by Crippen LogP contribution is -2.30. The summed E-state index contributed by atoms with van der Waals surface area (Å²) in [4.78, 5) is 23.7. The lowest BCUT2D eigenvalue weighted by atomic mass is 10.0. The second kappa shape index (κ2) is 10.8. The fourth-order valence-electron chi connectivity index (χ4n) is 3.04. The van der Waals surface area contributed by atoms with E-state index >= 15 is 0 Å². The molecule has 0 radical (unpaired) electrons. The number of amides is 1. The maximum atomic E-state index is 11.9. The van der Waals surface area contributed by atoms with Crippen molar-refractivity contribution in [2.24, 2.45) is 0 Å². The Balaban J connectivity index is 1.40. The smallest absolute Gasteiger partial charge is 0.331 e. The number of hydrogen-bond acceptors (Lipinski definition) is 3. The van der Waals surface area contributed by atoms with Crippen molar-refractivity contribution in [3.05, 3.63) is 102 Å². The summed E-state index contributed by atoms with van der Waals surface area (Å²) in [7, 11) is 0. The van der Waals surface area contributed by atoms with Crippen LogP contribution in [0.5, 0.6) is 0 Å². The summed E-state index contributed by atoms with van der Waals surface area (Å²) < 4.78 is 5.01. The predicted molar refractivity (Wildman–Crippen MR) is 120 cm³/mol. The van der Waals surface area contributed by atoms with Crippen molar-refractivity contribution in [1.82, 2.24) is 5.32 Å². The van der Waals surface area contributed by atoms with Gasteiger partial charge in [-0.05, 0) is 47.2 Å². The number of nitrogens with one attached hydrogen (secondary N) is 1. The first-order valence-corrected chi connectivity index (χ1v) is 9.93. The number of rotatable bonds is 8. The molecule has 152 valence electrons. The summed E-state index contributed by atoms with van der Waals surface area (Å²) in [6.45, 7) is 2.26. The SMILES string of the molecule is Cc1ccccc1CCNC(=O)COC(=O)/C=C/c1ccc(-c2ccccc2)cc1. The van der Waals surface area contributed by atoms with E-state index in [1.165, 1.54) is 17.2 Å². The number of aryl methyl sites for hydroxylation is 1. The standard InChI is InChI=1S/C26H25NO3/c1-20-7-5-6-8-22(20)17-18-27-25(28)19-30-26(29)16-13-21-11-14-24(15-12-21)23-9-3-2-4-10-23/h2-16H,17-19H2,1H3,(H,27,28)/b16-13+. The van der Waals surface area contributed by atoms with Crippen LogP contribution in [0.25, 0.3) is 17.2 Å². The molecule has 0 saturated heterocycles. The molecule has 0 aliphatic carbocycles. The third kappa shape index (κ3) is 6.45. The monoisotopic (exact) mass is 399 g/mol. The van der Waals surface area contributed by atoms with Gasteiger partial charge in [-0.1, -0.05) is 78.9 Å².